The number of hydrogen-bond donors (Lipinski definition) is 1. The van der Waals surface area contributed by atoms with Gasteiger partial charge in [-0.05, 0) is 49.6 Å². The molecule has 0 saturated heterocycles. The van der Waals surface area contributed by atoms with Crippen molar-refractivity contribution in [3.63, 3.8) is 0 Å². The summed E-state index contributed by atoms with van der Waals surface area (Å²) in [7, 11) is -3.94. The van der Waals surface area contributed by atoms with E-state index in [0.717, 1.165) is 11.1 Å². The maximum atomic E-state index is 13.8. The minimum absolute atomic E-state index is 0.0549. The number of ketones is 1. The van der Waals surface area contributed by atoms with E-state index in [4.69, 9.17) is 4.42 Å². The number of nitrogens with zero attached hydrogens (tertiary/aromatic N) is 1. The molecule has 1 aromatic heterocycles. The summed E-state index contributed by atoms with van der Waals surface area (Å²) in [6.45, 7) is 3.44. The number of carboxylic acids is 1. The Morgan fingerprint density at radius 2 is 1.63 bits per heavy atom. The van der Waals surface area contributed by atoms with Gasteiger partial charge in [-0.15, -0.1) is 0 Å². The largest absolute Gasteiger partial charge is 0.475 e. The molecule has 7 nitrogen and oxygen atoms in total. The lowest BCUT2D eigenvalue weighted by Crippen LogP contribution is -2.32. The van der Waals surface area contributed by atoms with E-state index in [-0.39, 0.29) is 29.5 Å². The van der Waals surface area contributed by atoms with Crippen molar-refractivity contribution in [1.82, 2.24) is 4.31 Å². The molecule has 0 amide bonds. The van der Waals surface area contributed by atoms with Crippen molar-refractivity contribution in [3.8, 4) is 0 Å². The van der Waals surface area contributed by atoms with Crippen molar-refractivity contribution in [2.75, 3.05) is 6.54 Å². The van der Waals surface area contributed by atoms with Crippen LogP contribution in [0.3, 0.4) is 0 Å². The summed E-state index contributed by atoms with van der Waals surface area (Å²) in [5.74, 6) is -1.47. The Morgan fingerprint density at radius 1 is 0.943 bits per heavy atom. The van der Waals surface area contributed by atoms with E-state index < -0.39 is 16.0 Å². The van der Waals surface area contributed by atoms with E-state index >= 15 is 0 Å². The number of aromatic carboxylic acids is 1. The van der Waals surface area contributed by atoms with Crippen molar-refractivity contribution < 1.29 is 27.5 Å². The molecular weight excluding hydrogens is 466 g/mol. The van der Waals surface area contributed by atoms with Crippen molar-refractivity contribution in [1.29, 1.82) is 0 Å². The Hall–Kier alpha value is -3.75. The molecule has 0 aliphatic rings. The zero-order valence-electron chi connectivity index (χ0n) is 19.4. The third kappa shape index (κ3) is 5.18. The van der Waals surface area contributed by atoms with Crippen molar-refractivity contribution >= 4 is 32.7 Å². The zero-order chi connectivity index (χ0) is 25.2. The standard InChI is InChI=1S/C27H25NO6S/c1-18-24-16-23(12-13-25(24)34-26(18)27(30)31)35(32,33)28(15-14-20-6-4-3-5-7-20)17-21-8-10-22(11-9-21)19(2)29/h3-13,16H,14-15,17H2,1-2H3,(H,30,31). The van der Waals surface area contributed by atoms with Crippen LogP contribution in [-0.2, 0) is 23.0 Å². The van der Waals surface area contributed by atoms with Gasteiger partial charge in [0.25, 0.3) is 0 Å². The molecule has 0 unspecified atom stereocenters. The molecule has 0 aliphatic carbocycles. The summed E-state index contributed by atoms with van der Waals surface area (Å²) < 4.78 is 34.3. The monoisotopic (exact) mass is 491 g/mol. The van der Waals surface area contributed by atoms with Gasteiger partial charge in [-0.25, -0.2) is 13.2 Å². The van der Waals surface area contributed by atoms with Crippen LogP contribution in [0.5, 0.6) is 0 Å². The number of benzene rings is 3. The average Bonchev–Trinajstić information content (AvgIpc) is 3.18. The van der Waals surface area contributed by atoms with E-state index in [2.05, 4.69) is 0 Å². The number of furan rings is 1. The minimum atomic E-state index is -3.94. The first-order chi connectivity index (χ1) is 16.7. The van der Waals surface area contributed by atoms with Crippen molar-refractivity contribution in [2.24, 2.45) is 0 Å². The van der Waals surface area contributed by atoms with Crippen LogP contribution in [0.1, 0.15) is 44.5 Å². The molecule has 0 radical (unpaired) electrons. The second kappa shape index (κ2) is 9.85. The molecule has 3 aromatic carbocycles. The van der Waals surface area contributed by atoms with E-state index in [9.17, 15) is 23.1 Å². The highest BCUT2D eigenvalue weighted by atomic mass is 32.2. The van der Waals surface area contributed by atoms with Gasteiger partial charge in [-0.3, -0.25) is 4.79 Å². The summed E-state index contributed by atoms with van der Waals surface area (Å²) in [6.07, 6.45) is 0.516. The molecule has 0 spiro atoms. The van der Waals surface area contributed by atoms with Crippen LogP contribution in [0.25, 0.3) is 11.0 Å². The van der Waals surface area contributed by atoms with Gasteiger partial charge < -0.3 is 9.52 Å². The average molecular weight is 492 g/mol. The topological polar surface area (TPSA) is 105 Å². The van der Waals surface area contributed by atoms with Crippen LogP contribution in [0.15, 0.2) is 82.1 Å². The number of sulfonamides is 1. The van der Waals surface area contributed by atoms with Crippen LogP contribution in [-0.4, -0.2) is 36.1 Å². The van der Waals surface area contributed by atoms with Gasteiger partial charge in [0.2, 0.25) is 15.8 Å². The molecule has 0 saturated carbocycles. The van der Waals surface area contributed by atoms with E-state index in [1.165, 1.54) is 29.4 Å². The lowest BCUT2D eigenvalue weighted by molar-refractivity contribution is 0.0663. The Balaban J connectivity index is 1.70. The molecule has 180 valence electrons. The highest BCUT2D eigenvalue weighted by molar-refractivity contribution is 7.89. The van der Waals surface area contributed by atoms with Crippen LogP contribution in [0, 0.1) is 6.92 Å². The maximum Gasteiger partial charge on any atom is 0.372 e. The number of aryl methyl sites for hydroxylation is 1. The normalized spacial score (nSPS) is 11.7. The predicted molar refractivity (Wildman–Crippen MR) is 132 cm³/mol. The molecular formula is C27H25NO6S. The molecule has 0 bridgehead atoms. The van der Waals surface area contributed by atoms with Gasteiger partial charge in [0, 0.05) is 29.6 Å². The quantitative estimate of drug-likeness (QED) is 0.328. The van der Waals surface area contributed by atoms with Gasteiger partial charge in [0.1, 0.15) is 5.58 Å². The molecule has 4 rings (SSSR count). The first kappa shape index (κ1) is 24.4. The fourth-order valence-electron chi connectivity index (χ4n) is 3.94. The molecule has 0 fully saturated rings. The van der Waals surface area contributed by atoms with Gasteiger partial charge in [0.05, 0.1) is 4.90 Å². The van der Waals surface area contributed by atoms with Gasteiger partial charge >= 0.3 is 5.97 Å². The van der Waals surface area contributed by atoms with Crippen LogP contribution in [0.2, 0.25) is 0 Å². The number of carboxylic acid groups (broad SMARTS) is 1. The highest BCUT2D eigenvalue weighted by Gasteiger charge is 2.26. The lowest BCUT2D eigenvalue weighted by atomic mass is 10.1. The maximum absolute atomic E-state index is 13.8. The lowest BCUT2D eigenvalue weighted by Gasteiger charge is -2.23. The Labute approximate surface area is 203 Å². The SMILES string of the molecule is CC(=O)c1ccc(CN(CCc2ccccc2)S(=O)(=O)c2ccc3oc(C(=O)O)c(C)c3c2)cc1. The molecule has 35 heavy (non-hydrogen) atoms. The summed E-state index contributed by atoms with van der Waals surface area (Å²) in [6, 6.07) is 20.9. The second-order valence-corrected chi connectivity index (χ2v) is 10.3. The molecule has 8 heteroatoms. The Kier molecular flexibility index (Phi) is 6.86. The van der Waals surface area contributed by atoms with Crippen molar-refractivity contribution in [3.05, 3.63) is 101 Å². The third-order valence-electron chi connectivity index (χ3n) is 5.95. The summed E-state index contributed by atoms with van der Waals surface area (Å²) >= 11 is 0. The fourth-order valence-corrected chi connectivity index (χ4v) is 5.40. The molecule has 0 atom stereocenters. The molecule has 1 heterocycles. The molecule has 1 N–H and O–H groups in total. The Bertz CT molecular complexity index is 1490. The molecule has 4 aromatic rings. The minimum Gasteiger partial charge on any atom is -0.475 e. The number of hydrogen-bond acceptors (Lipinski definition) is 5. The first-order valence-corrected chi connectivity index (χ1v) is 12.5. The number of carbonyl (C=O) groups excluding carboxylic acids is 1. The molecule has 0 aliphatic heterocycles. The van der Waals surface area contributed by atoms with E-state index in [1.807, 2.05) is 30.3 Å². The van der Waals surface area contributed by atoms with Crippen LogP contribution >= 0.6 is 0 Å². The van der Waals surface area contributed by atoms with Gasteiger partial charge in [0.15, 0.2) is 5.78 Å². The number of fused-ring (bicyclic) bond motifs is 1. The predicted octanol–water partition coefficient (Wildman–Crippen LogP) is 5.08. The number of carbonyl (C=O) groups is 2. The zero-order valence-corrected chi connectivity index (χ0v) is 20.2. The number of rotatable bonds is 9. The van der Waals surface area contributed by atoms with Gasteiger partial charge in [-0.1, -0.05) is 54.6 Å². The van der Waals surface area contributed by atoms with E-state index in [0.29, 0.717) is 28.5 Å². The summed E-state index contributed by atoms with van der Waals surface area (Å²) in [5.41, 5.74) is 3.00. The van der Waals surface area contributed by atoms with Gasteiger partial charge in [-0.2, -0.15) is 4.31 Å². The van der Waals surface area contributed by atoms with Crippen LogP contribution in [0.4, 0.5) is 0 Å². The summed E-state index contributed by atoms with van der Waals surface area (Å²) in [4.78, 5) is 23.1. The fraction of sp³-hybridized carbons (Fsp3) is 0.185. The first-order valence-electron chi connectivity index (χ1n) is 11.1. The van der Waals surface area contributed by atoms with E-state index in [1.54, 1.807) is 31.2 Å². The Morgan fingerprint density at radius 3 is 2.26 bits per heavy atom. The second-order valence-electron chi connectivity index (χ2n) is 8.35. The van der Waals surface area contributed by atoms with Crippen LogP contribution < -0.4 is 0 Å². The smallest absolute Gasteiger partial charge is 0.372 e. The summed E-state index contributed by atoms with van der Waals surface area (Å²) in [5, 5.41) is 9.78. The number of Topliss-reactive ketones (excluding diaryl/α,β-unsaturated/α-hetero) is 1. The third-order valence-corrected chi connectivity index (χ3v) is 7.79. The highest BCUT2D eigenvalue weighted by Crippen LogP contribution is 2.29. The van der Waals surface area contributed by atoms with Crippen molar-refractivity contribution in [2.45, 2.75) is 31.7 Å².